The van der Waals surface area contributed by atoms with Crippen LogP contribution in [-0.2, 0) is 4.79 Å². The smallest absolute Gasteiger partial charge is 0.253 e. The second-order valence-corrected chi connectivity index (χ2v) is 6.06. The van der Waals surface area contributed by atoms with Crippen LogP contribution in [0.25, 0.3) is 0 Å². The van der Waals surface area contributed by atoms with E-state index in [1.165, 1.54) is 4.90 Å². The highest BCUT2D eigenvalue weighted by atomic mass is 35.5. The summed E-state index contributed by atoms with van der Waals surface area (Å²) in [5.41, 5.74) is 1.06. The zero-order valence-corrected chi connectivity index (χ0v) is 15.2. The topological polar surface area (TPSA) is 70.7 Å². The SMILES string of the molecule is COc1ccc(C(=O)N(C)C)cc1NC(=O)CCC1CCNC1.Cl. The summed E-state index contributed by atoms with van der Waals surface area (Å²) in [5.74, 6) is 0.963. The number of amides is 2. The van der Waals surface area contributed by atoms with Crippen LogP contribution in [0.4, 0.5) is 5.69 Å². The molecule has 1 saturated heterocycles. The molecule has 0 saturated carbocycles. The third-order valence-corrected chi connectivity index (χ3v) is 4.07. The first-order chi connectivity index (χ1) is 11.0. The molecule has 0 radical (unpaired) electrons. The molecule has 134 valence electrons. The third kappa shape index (κ3) is 5.39. The number of carbonyl (C=O) groups excluding carboxylic acids is 2. The van der Waals surface area contributed by atoms with E-state index in [9.17, 15) is 9.59 Å². The van der Waals surface area contributed by atoms with Gasteiger partial charge < -0.3 is 20.3 Å². The fourth-order valence-corrected chi connectivity index (χ4v) is 2.71. The summed E-state index contributed by atoms with van der Waals surface area (Å²) in [7, 11) is 4.93. The highest BCUT2D eigenvalue weighted by Gasteiger charge is 2.17. The van der Waals surface area contributed by atoms with Gasteiger partial charge in [0.1, 0.15) is 5.75 Å². The van der Waals surface area contributed by atoms with E-state index in [-0.39, 0.29) is 24.2 Å². The molecule has 0 bridgehead atoms. The molecule has 0 aromatic heterocycles. The first-order valence-electron chi connectivity index (χ1n) is 7.91. The zero-order chi connectivity index (χ0) is 16.8. The first-order valence-corrected chi connectivity index (χ1v) is 7.91. The first kappa shape index (κ1) is 20.3. The van der Waals surface area contributed by atoms with Gasteiger partial charge in [-0.3, -0.25) is 9.59 Å². The predicted molar refractivity (Wildman–Crippen MR) is 97.1 cm³/mol. The van der Waals surface area contributed by atoms with Crippen molar-refractivity contribution >= 4 is 29.9 Å². The lowest BCUT2D eigenvalue weighted by Crippen LogP contribution is -2.22. The second kappa shape index (κ2) is 9.49. The van der Waals surface area contributed by atoms with E-state index < -0.39 is 0 Å². The lowest BCUT2D eigenvalue weighted by molar-refractivity contribution is -0.116. The van der Waals surface area contributed by atoms with Crippen LogP contribution in [0.3, 0.4) is 0 Å². The number of ether oxygens (including phenoxy) is 1. The van der Waals surface area contributed by atoms with Crippen molar-refractivity contribution in [2.45, 2.75) is 19.3 Å². The Labute approximate surface area is 149 Å². The summed E-state index contributed by atoms with van der Waals surface area (Å²) < 4.78 is 5.27. The van der Waals surface area contributed by atoms with Gasteiger partial charge in [-0.2, -0.15) is 0 Å². The Hall–Kier alpha value is -1.79. The molecule has 1 atom stereocenters. The average Bonchev–Trinajstić information content (AvgIpc) is 3.05. The lowest BCUT2D eigenvalue weighted by Gasteiger charge is -2.15. The maximum atomic E-state index is 12.2. The summed E-state index contributed by atoms with van der Waals surface area (Å²) in [6, 6.07) is 5.06. The molecule has 24 heavy (non-hydrogen) atoms. The highest BCUT2D eigenvalue weighted by Crippen LogP contribution is 2.26. The van der Waals surface area contributed by atoms with Gasteiger partial charge in [-0.05, 0) is 50.0 Å². The number of rotatable bonds is 6. The predicted octanol–water partition coefficient (Wildman–Crippen LogP) is 2.15. The van der Waals surface area contributed by atoms with Crippen molar-refractivity contribution < 1.29 is 14.3 Å². The van der Waals surface area contributed by atoms with Gasteiger partial charge >= 0.3 is 0 Å². The van der Waals surface area contributed by atoms with Crippen LogP contribution in [0.1, 0.15) is 29.6 Å². The highest BCUT2D eigenvalue weighted by molar-refractivity contribution is 5.98. The molecule has 1 unspecified atom stereocenters. The average molecular weight is 356 g/mol. The molecule has 1 aromatic carbocycles. The van der Waals surface area contributed by atoms with Crippen LogP contribution < -0.4 is 15.4 Å². The zero-order valence-electron chi connectivity index (χ0n) is 14.4. The molecule has 1 heterocycles. The van der Waals surface area contributed by atoms with Gasteiger partial charge in [0.15, 0.2) is 0 Å². The third-order valence-electron chi connectivity index (χ3n) is 4.07. The minimum absolute atomic E-state index is 0. The number of hydrogen-bond acceptors (Lipinski definition) is 4. The van der Waals surface area contributed by atoms with E-state index in [1.807, 2.05) is 0 Å². The van der Waals surface area contributed by atoms with Gasteiger partial charge in [0.2, 0.25) is 5.91 Å². The molecule has 2 rings (SSSR count). The van der Waals surface area contributed by atoms with E-state index in [2.05, 4.69) is 10.6 Å². The second-order valence-electron chi connectivity index (χ2n) is 6.06. The van der Waals surface area contributed by atoms with Gasteiger partial charge in [-0.25, -0.2) is 0 Å². The van der Waals surface area contributed by atoms with E-state index in [0.717, 1.165) is 25.9 Å². The van der Waals surface area contributed by atoms with Crippen LogP contribution in [-0.4, -0.2) is 51.0 Å². The molecular formula is C17H26ClN3O3. The minimum Gasteiger partial charge on any atom is -0.495 e. The van der Waals surface area contributed by atoms with Crippen LogP contribution in [0.2, 0.25) is 0 Å². The van der Waals surface area contributed by atoms with Crippen LogP contribution in [0.15, 0.2) is 18.2 Å². The van der Waals surface area contributed by atoms with Crippen molar-refractivity contribution in [3.8, 4) is 5.75 Å². The normalized spacial score (nSPS) is 16.2. The molecule has 7 heteroatoms. The Morgan fingerprint density at radius 3 is 2.71 bits per heavy atom. The number of carbonyl (C=O) groups is 2. The van der Waals surface area contributed by atoms with Crippen LogP contribution in [0, 0.1) is 5.92 Å². The number of methoxy groups -OCH3 is 1. The maximum Gasteiger partial charge on any atom is 0.253 e. The Bertz CT molecular complexity index is 572. The summed E-state index contributed by atoms with van der Waals surface area (Å²) in [4.78, 5) is 25.7. The van der Waals surface area contributed by atoms with E-state index in [1.54, 1.807) is 39.4 Å². The molecule has 6 nitrogen and oxygen atoms in total. The standard InChI is InChI=1S/C17H25N3O3.ClH/c1-20(2)17(22)13-5-6-15(23-3)14(10-13)19-16(21)7-4-12-8-9-18-11-12;/h5-6,10,12,18H,4,7-9,11H2,1-3H3,(H,19,21);1H. The molecule has 0 spiro atoms. The number of anilines is 1. The Morgan fingerprint density at radius 2 is 2.12 bits per heavy atom. The van der Waals surface area contributed by atoms with E-state index in [0.29, 0.717) is 29.3 Å². The number of halogens is 1. The number of nitrogens with one attached hydrogen (secondary N) is 2. The van der Waals surface area contributed by atoms with E-state index in [4.69, 9.17) is 4.74 Å². The number of benzene rings is 1. The van der Waals surface area contributed by atoms with Gasteiger partial charge in [0, 0.05) is 26.1 Å². The summed E-state index contributed by atoms with van der Waals surface area (Å²) in [5, 5.41) is 6.17. The monoisotopic (exact) mass is 355 g/mol. The van der Waals surface area contributed by atoms with Gasteiger partial charge in [-0.15, -0.1) is 12.4 Å². The molecule has 1 aliphatic rings. The van der Waals surface area contributed by atoms with Gasteiger partial charge in [0.05, 0.1) is 12.8 Å². The largest absolute Gasteiger partial charge is 0.495 e. The van der Waals surface area contributed by atoms with Crippen molar-refractivity contribution in [2.75, 3.05) is 39.6 Å². The fraction of sp³-hybridized carbons (Fsp3) is 0.529. The van der Waals surface area contributed by atoms with Crippen LogP contribution in [0.5, 0.6) is 5.75 Å². The molecule has 0 aliphatic carbocycles. The van der Waals surface area contributed by atoms with Crippen molar-refractivity contribution in [1.29, 1.82) is 0 Å². The maximum absolute atomic E-state index is 12.2. The summed E-state index contributed by atoms with van der Waals surface area (Å²) in [6.07, 6.45) is 2.47. The number of nitrogens with zero attached hydrogens (tertiary/aromatic N) is 1. The lowest BCUT2D eigenvalue weighted by atomic mass is 10.0. The van der Waals surface area contributed by atoms with Crippen molar-refractivity contribution in [3.05, 3.63) is 23.8 Å². The Morgan fingerprint density at radius 1 is 1.38 bits per heavy atom. The van der Waals surface area contributed by atoms with Crippen LogP contribution >= 0.6 is 12.4 Å². The van der Waals surface area contributed by atoms with Gasteiger partial charge in [-0.1, -0.05) is 0 Å². The van der Waals surface area contributed by atoms with Crippen molar-refractivity contribution in [3.63, 3.8) is 0 Å². The Kier molecular flexibility index (Phi) is 8.01. The molecule has 2 N–H and O–H groups in total. The van der Waals surface area contributed by atoms with Crippen molar-refractivity contribution in [1.82, 2.24) is 10.2 Å². The van der Waals surface area contributed by atoms with Gasteiger partial charge in [0.25, 0.3) is 5.91 Å². The molecule has 1 aliphatic heterocycles. The number of hydrogen-bond donors (Lipinski definition) is 2. The molecule has 1 aromatic rings. The summed E-state index contributed by atoms with van der Waals surface area (Å²) in [6.45, 7) is 2.03. The quantitative estimate of drug-likeness (QED) is 0.820. The summed E-state index contributed by atoms with van der Waals surface area (Å²) >= 11 is 0. The molecule has 1 fully saturated rings. The molecular weight excluding hydrogens is 330 g/mol. The Balaban J connectivity index is 0.00000288. The van der Waals surface area contributed by atoms with E-state index >= 15 is 0 Å². The fourth-order valence-electron chi connectivity index (χ4n) is 2.71. The van der Waals surface area contributed by atoms with Crippen molar-refractivity contribution in [2.24, 2.45) is 5.92 Å². The molecule has 2 amide bonds. The minimum atomic E-state index is -0.111.